The molecule has 0 amide bonds. The summed E-state index contributed by atoms with van der Waals surface area (Å²) in [5.41, 5.74) is -0.377. The lowest BCUT2D eigenvalue weighted by atomic mass is 10.1. The van der Waals surface area contributed by atoms with Gasteiger partial charge in [-0.1, -0.05) is 29.3 Å². The van der Waals surface area contributed by atoms with Gasteiger partial charge in [-0.15, -0.1) is 0 Å². The molecule has 0 aliphatic heterocycles. The molecule has 0 fully saturated rings. The number of rotatable bonds is 2. The topological polar surface area (TPSA) is 17.1 Å². The maximum atomic E-state index is 12.6. The first-order valence-electron chi connectivity index (χ1n) is 3.39. The molecule has 1 aromatic carbocycles. The van der Waals surface area contributed by atoms with Crippen molar-refractivity contribution in [2.45, 2.75) is 4.83 Å². The third-order valence-corrected chi connectivity index (χ3v) is 2.44. The smallest absolute Gasteiger partial charge is 0.286 e. The molecule has 76 valence electrons. The summed E-state index contributed by atoms with van der Waals surface area (Å²) in [6.07, 6.45) is 0. The van der Waals surface area contributed by atoms with Crippen molar-refractivity contribution < 1.29 is 13.6 Å². The van der Waals surface area contributed by atoms with E-state index in [1.807, 2.05) is 15.9 Å². The number of hydrogen-bond donors (Lipinski definition) is 0. The van der Waals surface area contributed by atoms with E-state index in [4.69, 9.17) is 23.2 Å². The second kappa shape index (κ2) is 4.13. The second-order valence-electron chi connectivity index (χ2n) is 2.42. The summed E-state index contributed by atoms with van der Waals surface area (Å²) in [6, 6.07) is 4.10. The van der Waals surface area contributed by atoms with Crippen molar-refractivity contribution in [2.75, 3.05) is 0 Å². The molecule has 0 unspecified atom stereocenters. The molecule has 14 heavy (non-hydrogen) atoms. The second-order valence-corrected chi connectivity index (χ2v) is 4.23. The Kier molecular flexibility index (Phi) is 3.50. The predicted molar refractivity (Wildman–Crippen MR) is 54.7 cm³/mol. The van der Waals surface area contributed by atoms with Crippen LogP contribution in [0, 0.1) is 0 Å². The average Bonchev–Trinajstić information content (AvgIpc) is 2.01. The Morgan fingerprint density at radius 2 is 1.71 bits per heavy atom. The van der Waals surface area contributed by atoms with E-state index in [0.717, 1.165) is 0 Å². The number of hydrogen-bond acceptors (Lipinski definition) is 1. The van der Waals surface area contributed by atoms with E-state index < -0.39 is 10.6 Å². The Morgan fingerprint density at radius 3 is 2.07 bits per heavy atom. The molecule has 0 aliphatic rings. The summed E-state index contributed by atoms with van der Waals surface area (Å²) in [7, 11) is 0. The highest BCUT2D eigenvalue weighted by molar-refractivity contribution is 9.10. The quantitative estimate of drug-likeness (QED) is 0.592. The van der Waals surface area contributed by atoms with Gasteiger partial charge >= 0.3 is 4.83 Å². The van der Waals surface area contributed by atoms with Gasteiger partial charge in [0.1, 0.15) is 0 Å². The van der Waals surface area contributed by atoms with Crippen LogP contribution in [0.4, 0.5) is 8.78 Å². The lowest BCUT2D eigenvalue weighted by Gasteiger charge is -2.09. The highest BCUT2D eigenvalue weighted by Crippen LogP contribution is 2.33. The molecule has 0 bridgehead atoms. The van der Waals surface area contributed by atoms with Crippen molar-refractivity contribution in [3.63, 3.8) is 0 Å². The van der Waals surface area contributed by atoms with Gasteiger partial charge in [0, 0.05) is 0 Å². The van der Waals surface area contributed by atoms with E-state index in [1.165, 1.54) is 18.2 Å². The molecular formula is C8H3BrCl2F2O. The Balaban J connectivity index is 3.26. The van der Waals surface area contributed by atoms with E-state index in [2.05, 4.69) is 0 Å². The molecule has 0 radical (unpaired) electrons. The molecule has 1 rings (SSSR count). The van der Waals surface area contributed by atoms with E-state index in [1.54, 1.807) is 0 Å². The molecule has 1 aromatic rings. The monoisotopic (exact) mass is 302 g/mol. The Morgan fingerprint density at radius 1 is 1.29 bits per heavy atom. The Bertz CT molecular complexity index is 356. The normalized spacial score (nSPS) is 11.5. The van der Waals surface area contributed by atoms with E-state index >= 15 is 0 Å². The van der Waals surface area contributed by atoms with Crippen LogP contribution in [0.2, 0.25) is 10.0 Å². The van der Waals surface area contributed by atoms with Gasteiger partial charge in [-0.05, 0) is 28.1 Å². The number of halogens is 5. The first-order chi connectivity index (χ1) is 6.34. The van der Waals surface area contributed by atoms with Gasteiger partial charge in [0.05, 0.1) is 15.6 Å². The predicted octanol–water partition coefficient (Wildman–Crippen LogP) is 4.16. The number of benzene rings is 1. The van der Waals surface area contributed by atoms with E-state index in [9.17, 15) is 13.6 Å². The van der Waals surface area contributed by atoms with Crippen molar-refractivity contribution in [1.82, 2.24) is 0 Å². The van der Waals surface area contributed by atoms with Crippen molar-refractivity contribution in [3.8, 4) is 0 Å². The van der Waals surface area contributed by atoms with Gasteiger partial charge in [0.2, 0.25) is 5.78 Å². The van der Waals surface area contributed by atoms with Crippen LogP contribution in [0.1, 0.15) is 10.4 Å². The molecule has 0 saturated carbocycles. The fourth-order valence-electron chi connectivity index (χ4n) is 0.856. The van der Waals surface area contributed by atoms with Gasteiger partial charge in [0.15, 0.2) is 0 Å². The minimum Gasteiger partial charge on any atom is -0.286 e. The van der Waals surface area contributed by atoms with Crippen molar-refractivity contribution in [1.29, 1.82) is 0 Å². The lowest BCUT2D eigenvalue weighted by molar-refractivity contribution is 0.0593. The number of ketones is 1. The molecule has 1 nitrogen and oxygen atoms in total. The van der Waals surface area contributed by atoms with Crippen molar-refractivity contribution in [3.05, 3.63) is 33.8 Å². The minimum absolute atomic E-state index is 0.0957. The molecule has 0 aromatic heterocycles. The zero-order valence-corrected chi connectivity index (χ0v) is 9.63. The van der Waals surface area contributed by atoms with Crippen LogP contribution in [0.5, 0.6) is 0 Å². The molecule has 0 spiro atoms. The average molecular weight is 304 g/mol. The molecule has 0 atom stereocenters. The van der Waals surface area contributed by atoms with Gasteiger partial charge in [-0.25, -0.2) is 0 Å². The standard InChI is InChI=1S/C8H3BrCl2F2O/c9-8(12,13)7(14)6-4(10)2-1-3-5(6)11/h1-3H. The van der Waals surface area contributed by atoms with E-state index in [0.29, 0.717) is 0 Å². The molecule has 6 heteroatoms. The Labute approximate surface area is 97.1 Å². The van der Waals surface area contributed by atoms with Crippen LogP contribution in [-0.2, 0) is 0 Å². The summed E-state index contributed by atoms with van der Waals surface area (Å²) in [4.78, 5) is 7.49. The first-order valence-corrected chi connectivity index (χ1v) is 4.94. The maximum Gasteiger partial charge on any atom is 0.363 e. The van der Waals surface area contributed by atoms with Gasteiger partial charge in [-0.3, -0.25) is 4.79 Å². The van der Waals surface area contributed by atoms with Gasteiger partial charge < -0.3 is 0 Å². The number of carbonyl (C=O) groups is 1. The SMILES string of the molecule is O=C(c1c(Cl)cccc1Cl)C(F)(F)Br. The Hall–Kier alpha value is -0.190. The fraction of sp³-hybridized carbons (Fsp3) is 0.125. The zero-order valence-electron chi connectivity index (χ0n) is 6.53. The highest BCUT2D eigenvalue weighted by atomic mass is 79.9. The van der Waals surface area contributed by atoms with Crippen LogP contribution in [0.3, 0.4) is 0 Å². The maximum absolute atomic E-state index is 12.6. The van der Waals surface area contributed by atoms with E-state index in [-0.39, 0.29) is 15.6 Å². The fourth-order valence-corrected chi connectivity index (χ4v) is 1.62. The lowest BCUT2D eigenvalue weighted by Crippen LogP contribution is -2.21. The van der Waals surface area contributed by atoms with Crippen molar-refractivity contribution >= 4 is 44.9 Å². The summed E-state index contributed by atoms with van der Waals surface area (Å²) < 4.78 is 25.2. The summed E-state index contributed by atoms with van der Waals surface area (Å²) >= 11 is 13.1. The summed E-state index contributed by atoms with van der Waals surface area (Å²) in [5, 5.41) is -0.191. The van der Waals surface area contributed by atoms with Gasteiger partial charge in [-0.2, -0.15) is 8.78 Å². The van der Waals surface area contributed by atoms with Crippen LogP contribution >= 0.6 is 39.1 Å². The number of alkyl halides is 3. The molecule has 0 heterocycles. The molecule has 0 aliphatic carbocycles. The highest BCUT2D eigenvalue weighted by Gasteiger charge is 2.38. The molecule has 0 N–H and O–H groups in total. The molecular weight excluding hydrogens is 301 g/mol. The van der Waals surface area contributed by atoms with Crippen LogP contribution in [0.15, 0.2) is 18.2 Å². The molecule has 0 saturated heterocycles. The zero-order chi connectivity index (χ0) is 10.9. The van der Waals surface area contributed by atoms with Gasteiger partial charge in [0.25, 0.3) is 0 Å². The largest absolute Gasteiger partial charge is 0.363 e. The summed E-state index contributed by atoms with van der Waals surface area (Å²) in [6.45, 7) is 0. The first kappa shape index (κ1) is 11.9. The third-order valence-electron chi connectivity index (χ3n) is 1.45. The number of Topliss-reactive ketones (excluding diaryl/α,β-unsaturated/α-hetero) is 1. The van der Waals surface area contributed by atoms with Crippen molar-refractivity contribution in [2.24, 2.45) is 0 Å². The van der Waals surface area contributed by atoms with Crippen LogP contribution < -0.4 is 0 Å². The van der Waals surface area contributed by atoms with Crippen LogP contribution in [0.25, 0.3) is 0 Å². The van der Waals surface area contributed by atoms with Crippen LogP contribution in [-0.4, -0.2) is 10.6 Å². The number of carbonyl (C=O) groups excluding carboxylic acids is 1. The summed E-state index contributed by atoms with van der Waals surface area (Å²) in [5.74, 6) is -1.45. The third kappa shape index (κ3) is 2.43. The minimum atomic E-state index is -3.65.